The van der Waals surface area contributed by atoms with E-state index in [1.807, 2.05) is 27.2 Å². The number of nitrogens with zero attached hydrogens (tertiary/aromatic N) is 1. The summed E-state index contributed by atoms with van der Waals surface area (Å²) in [5.41, 5.74) is 0. The summed E-state index contributed by atoms with van der Waals surface area (Å²) < 4.78 is 23.8. The Morgan fingerprint density at radius 1 is 0.427 bits per heavy atom. The molecular formula is C73H128N2O6P+. The number of hydrogen-bond donors (Lipinski definition) is 3. The van der Waals surface area contributed by atoms with E-state index in [-0.39, 0.29) is 19.1 Å². The molecule has 0 aliphatic carbocycles. The van der Waals surface area contributed by atoms with Gasteiger partial charge in [0, 0.05) is 6.42 Å². The molecule has 0 aromatic rings. The zero-order valence-corrected chi connectivity index (χ0v) is 54.6. The van der Waals surface area contributed by atoms with Crippen LogP contribution in [0, 0.1) is 0 Å². The highest BCUT2D eigenvalue weighted by Gasteiger charge is 2.28. The number of phosphoric ester groups is 1. The number of rotatable bonds is 60. The van der Waals surface area contributed by atoms with Crippen LogP contribution in [0.25, 0.3) is 0 Å². The van der Waals surface area contributed by atoms with Gasteiger partial charge in [0.15, 0.2) is 0 Å². The van der Waals surface area contributed by atoms with Gasteiger partial charge in [0.05, 0.1) is 39.9 Å². The number of unbranched alkanes of at least 4 members (excludes halogenated alkanes) is 27. The zero-order chi connectivity index (χ0) is 59.8. The highest BCUT2D eigenvalue weighted by atomic mass is 31.2. The number of likely N-dealkylation sites (N-methyl/N-ethyl adjacent to an activating group) is 1. The fourth-order valence-corrected chi connectivity index (χ4v) is 9.92. The second kappa shape index (κ2) is 62.2. The number of amides is 1. The first-order valence-corrected chi connectivity index (χ1v) is 35.1. The third-order valence-electron chi connectivity index (χ3n) is 14.4. The molecule has 0 radical (unpaired) electrons. The van der Waals surface area contributed by atoms with E-state index in [2.05, 4.69) is 141 Å². The largest absolute Gasteiger partial charge is 0.472 e. The van der Waals surface area contributed by atoms with Crippen LogP contribution in [0.4, 0.5) is 0 Å². The average Bonchev–Trinajstić information content (AvgIpc) is 3.47. The second-order valence-electron chi connectivity index (χ2n) is 23.5. The molecule has 0 aliphatic rings. The van der Waals surface area contributed by atoms with Crippen molar-refractivity contribution < 1.29 is 32.9 Å². The van der Waals surface area contributed by atoms with Gasteiger partial charge in [0.25, 0.3) is 0 Å². The van der Waals surface area contributed by atoms with E-state index in [9.17, 15) is 19.4 Å². The average molecular weight is 1160 g/mol. The van der Waals surface area contributed by atoms with Gasteiger partial charge in [0.2, 0.25) is 5.91 Å². The summed E-state index contributed by atoms with van der Waals surface area (Å²) in [7, 11) is 1.55. The second-order valence-corrected chi connectivity index (χ2v) is 24.9. The van der Waals surface area contributed by atoms with E-state index in [1.54, 1.807) is 6.08 Å². The molecule has 82 heavy (non-hydrogen) atoms. The maximum atomic E-state index is 13.0. The molecule has 0 aromatic carbocycles. The predicted molar refractivity (Wildman–Crippen MR) is 359 cm³/mol. The number of carbonyl (C=O) groups excluding carboxylic acids is 1. The quantitative estimate of drug-likeness (QED) is 0.0243. The molecule has 1 amide bonds. The van der Waals surface area contributed by atoms with E-state index in [0.717, 1.165) is 122 Å². The molecule has 3 atom stereocenters. The lowest BCUT2D eigenvalue weighted by atomic mass is 10.0. The summed E-state index contributed by atoms with van der Waals surface area (Å²) in [6.07, 6.45) is 94.3. The first-order valence-electron chi connectivity index (χ1n) is 33.6. The summed E-state index contributed by atoms with van der Waals surface area (Å²) >= 11 is 0. The van der Waals surface area contributed by atoms with Crippen LogP contribution >= 0.6 is 7.82 Å². The number of nitrogens with one attached hydrogen (secondary N) is 1. The zero-order valence-electron chi connectivity index (χ0n) is 53.7. The van der Waals surface area contributed by atoms with E-state index < -0.39 is 20.0 Å². The lowest BCUT2D eigenvalue weighted by molar-refractivity contribution is -0.870. The lowest BCUT2D eigenvalue weighted by Crippen LogP contribution is -2.45. The Morgan fingerprint density at radius 2 is 0.732 bits per heavy atom. The van der Waals surface area contributed by atoms with E-state index in [1.165, 1.54) is 128 Å². The molecule has 0 bridgehead atoms. The number of aliphatic hydroxyl groups is 1. The number of aliphatic hydroxyl groups excluding tert-OH is 1. The molecule has 0 spiro atoms. The van der Waals surface area contributed by atoms with Crippen molar-refractivity contribution >= 4 is 13.7 Å². The van der Waals surface area contributed by atoms with Gasteiger partial charge in [-0.3, -0.25) is 13.8 Å². The summed E-state index contributed by atoms with van der Waals surface area (Å²) in [5, 5.41) is 14.0. The van der Waals surface area contributed by atoms with Crippen LogP contribution in [0.2, 0.25) is 0 Å². The molecule has 0 heterocycles. The van der Waals surface area contributed by atoms with Crippen molar-refractivity contribution in [2.24, 2.45) is 0 Å². The van der Waals surface area contributed by atoms with Gasteiger partial charge in [-0.05, 0) is 96.3 Å². The van der Waals surface area contributed by atoms with Crippen LogP contribution in [0.5, 0.6) is 0 Å². The van der Waals surface area contributed by atoms with Crippen molar-refractivity contribution in [3.63, 3.8) is 0 Å². The Bertz CT molecular complexity index is 1800. The number of phosphoric acid groups is 1. The first kappa shape index (κ1) is 78.6. The number of carbonyl (C=O) groups is 1. The topological polar surface area (TPSA) is 105 Å². The van der Waals surface area contributed by atoms with Crippen LogP contribution < -0.4 is 5.32 Å². The van der Waals surface area contributed by atoms with Crippen molar-refractivity contribution in [3.05, 3.63) is 134 Å². The molecule has 0 aromatic heterocycles. The molecule has 8 nitrogen and oxygen atoms in total. The molecule has 0 aliphatic heterocycles. The highest BCUT2D eigenvalue weighted by molar-refractivity contribution is 7.47. The third-order valence-corrected chi connectivity index (χ3v) is 15.4. The Balaban J connectivity index is 4.21. The molecule has 3 unspecified atom stereocenters. The van der Waals surface area contributed by atoms with E-state index in [4.69, 9.17) is 9.05 Å². The maximum absolute atomic E-state index is 13.0. The normalized spacial score (nSPS) is 14.6. The molecule has 0 rings (SSSR count). The molecule has 0 saturated carbocycles. The van der Waals surface area contributed by atoms with Gasteiger partial charge in [-0.1, -0.05) is 302 Å². The van der Waals surface area contributed by atoms with Crippen molar-refractivity contribution in [1.29, 1.82) is 0 Å². The first-order chi connectivity index (χ1) is 40.0. The number of quaternary nitrogens is 1. The monoisotopic (exact) mass is 1160 g/mol. The minimum atomic E-state index is -4.37. The summed E-state index contributed by atoms with van der Waals surface area (Å²) in [5.74, 6) is -0.195. The highest BCUT2D eigenvalue weighted by Crippen LogP contribution is 2.43. The van der Waals surface area contributed by atoms with Crippen LogP contribution in [0.3, 0.4) is 0 Å². The molecular weight excluding hydrogens is 1030 g/mol. The van der Waals surface area contributed by atoms with E-state index >= 15 is 0 Å². The molecule has 9 heteroatoms. The Morgan fingerprint density at radius 3 is 1.07 bits per heavy atom. The van der Waals surface area contributed by atoms with Gasteiger partial charge >= 0.3 is 7.82 Å². The van der Waals surface area contributed by atoms with Crippen molar-refractivity contribution in [3.8, 4) is 0 Å². The Labute approximate surface area is 506 Å². The van der Waals surface area contributed by atoms with Crippen molar-refractivity contribution in [2.45, 2.75) is 283 Å². The van der Waals surface area contributed by atoms with Gasteiger partial charge < -0.3 is 19.8 Å². The van der Waals surface area contributed by atoms with Gasteiger partial charge in [-0.15, -0.1) is 0 Å². The van der Waals surface area contributed by atoms with Crippen LogP contribution in [0.1, 0.15) is 271 Å². The van der Waals surface area contributed by atoms with E-state index in [0.29, 0.717) is 17.4 Å². The number of hydrogen-bond acceptors (Lipinski definition) is 5. The molecule has 0 fully saturated rings. The van der Waals surface area contributed by atoms with Crippen LogP contribution in [-0.2, 0) is 18.4 Å². The Kier molecular flexibility index (Phi) is 59.6. The maximum Gasteiger partial charge on any atom is 0.472 e. The number of allylic oxidation sites excluding steroid dienone is 21. The smallest absolute Gasteiger partial charge is 0.387 e. The van der Waals surface area contributed by atoms with Gasteiger partial charge in [-0.2, -0.15) is 0 Å². The summed E-state index contributed by atoms with van der Waals surface area (Å²) in [4.78, 5) is 23.4. The third kappa shape index (κ3) is 64.2. The molecule has 470 valence electrons. The standard InChI is InChI=1S/C73H127N2O6P/c1-6-8-10-12-14-16-18-20-22-24-26-28-30-31-32-33-34-35-36-37-38-39-40-41-42-43-45-47-49-51-53-55-57-59-61-63-65-67-73(77)74-71(70-81-82(78,79)80-69-68-75(3,4)5)72(76)66-64-62-60-58-56-54-52-50-48-46-44-29-27-25-23-21-19-17-15-13-11-9-7-2/h8,10,14,16,20,22,26,28,31-32,34-35,37-38,40-41,43,45,49,51,64,66,71-72,76H,6-7,9,11-13,15,17-19,21,23-25,27,29-30,33,36,39,42,44,46-48,50,52-63,65,67-70H2,1-5H3,(H-,74,77,78,79)/p+1/b10-8-,16-14-,22-20-,28-26-,32-31-,35-34-,38-37-,41-40-,45-43-,51-49-,66-64+. The fourth-order valence-electron chi connectivity index (χ4n) is 9.19. The Hall–Kier alpha value is -3.36. The molecule has 0 saturated heterocycles. The minimum Gasteiger partial charge on any atom is -0.387 e. The van der Waals surface area contributed by atoms with Crippen molar-refractivity contribution in [2.75, 3.05) is 40.9 Å². The lowest BCUT2D eigenvalue weighted by Gasteiger charge is -2.25. The summed E-state index contributed by atoms with van der Waals surface area (Å²) in [6, 6.07) is -0.866. The van der Waals surface area contributed by atoms with Crippen molar-refractivity contribution in [1.82, 2.24) is 5.32 Å². The predicted octanol–water partition coefficient (Wildman–Crippen LogP) is 21.4. The minimum absolute atomic E-state index is 0.0520. The SMILES string of the molecule is CC/C=C\C/C=C\C/C=C\C/C=C\C/C=C\C/C=C\C/C=C\C/C=C\C/C=C\C/C=C\CCCCCCCCC(=O)NC(COP(=O)(O)OCC[N+](C)(C)C)C(O)/C=C/CCCCCCCCCCCCCCCCCCCCCCC. The van der Waals surface area contributed by atoms with Gasteiger partial charge in [0.1, 0.15) is 13.2 Å². The molecule has 3 N–H and O–H groups in total. The fraction of sp³-hybridized carbons (Fsp3) is 0.685. The van der Waals surface area contributed by atoms with Crippen LogP contribution in [-0.4, -0.2) is 73.4 Å². The van der Waals surface area contributed by atoms with Crippen LogP contribution in [0.15, 0.2) is 134 Å². The summed E-state index contributed by atoms with van der Waals surface area (Å²) in [6.45, 7) is 4.70. The van der Waals surface area contributed by atoms with Gasteiger partial charge in [-0.25, -0.2) is 4.57 Å².